The second kappa shape index (κ2) is 7.13. The van der Waals surface area contributed by atoms with Crippen LogP contribution in [0.15, 0.2) is 30.3 Å². The number of halogens is 2. The molecule has 1 amide bonds. The summed E-state index contributed by atoms with van der Waals surface area (Å²) in [6.07, 6.45) is 2.09. The molecule has 7 heteroatoms. The number of carbonyl (C=O) groups excluding carboxylic acids is 1. The summed E-state index contributed by atoms with van der Waals surface area (Å²) in [5.74, 6) is 0.855. The Kier molecular flexibility index (Phi) is 4.82. The van der Waals surface area contributed by atoms with E-state index < -0.39 is 0 Å². The van der Waals surface area contributed by atoms with Crippen LogP contribution in [0.5, 0.6) is 0 Å². The third-order valence-electron chi connectivity index (χ3n) is 5.25. The molecule has 3 aromatic rings. The maximum atomic E-state index is 13.0. The molecule has 0 bridgehead atoms. The van der Waals surface area contributed by atoms with Gasteiger partial charge in [0.15, 0.2) is 0 Å². The minimum atomic E-state index is -0.202. The summed E-state index contributed by atoms with van der Waals surface area (Å²) in [6, 6.07) is 9.05. The molecule has 3 heterocycles. The molecule has 0 atom stereocenters. The normalized spacial score (nSPS) is 13.6. The Balaban J connectivity index is 1.83. The number of amides is 1. The first kappa shape index (κ1) is 18.3. The molecule has 0 unspecified atom stereocenters. The highest BCUT2D eigenvalue weighted by Gasteiger charge is 2.32. The topological polar surface area (TPSA) is 51.0 Å². The maximum absolute atomic E-state index is 13.0. The molecule has 0 saturated carbocycles. The van der Waals surface area contributed by atoms with Gasteiger partial charge in [-0.1, -0.05) is 49.2 Å². The monoisotopic (exact) mass is 402 g/mol. The molecule has 4 rings (SSSR count). The summed E-state index contributed by atoms with van der Waals surface area (Å²) in [5, 5.41) is 0.905. The molecular formula is C20H20Cl2N4O. The highest BCUT2D eigenvalue weighted by Crippen LogP contribution is 2.38. The lowest BCUT2D eigenvalue weighted by Gasteiger charge is -2.15. The van der Waals surface area contributed by atoms with Crippen LogP contribution in [-0.4, -0.2) is 27.0 Å². The predicted octanol–water partition coefficient (Wildman–Crippen LogP) is 5.30. The van der Waals surface area contributed by atoms with Crippen LogP contribution in [0.4, 0.5) is 5.95 Å². The van der Waals surface area contributed by atoms with Gasteiger partial charge in [0, 0.05) is 13.1 Å². The van der Waals surface area contributed by atoms with Crippen molar-refractivity contribution in [3.63, 3.8) is 0 Å². The van der Waals surface area contributed by atoms with E-state index in [-0.39, 0.29) is 5.91 Å². The van der Waals surface area contributed by atoms with Crippen molar-refractivity contribution >= 4 is 46.1 Å². The fraction of sp³-hybridized carbons (Fsp3) is 0.350. The molecule has 0 N–H and O–H groups in total. The Hall–Kier alpha value is -2.11. The van der Waals surface area contributed by atoms with E-state index in [1.165, 1.54) is 5.56 Å². The number of anilines is 1. The van der Waals surface area contributed by atoms with E-state index in [0.717, 1.165) is 23.9 Å². The van der Waals surface area contributed by atoms with E-state index >= 15 is 0 Å². The van der Waals surface area contributed by atoms with Crippen molar-refractivity contribution in [1.29, 1.82) is 0 Å². The molecule has 5 nitrogen and oxygen atoms in total. The van der Waals surface area contributed by atoms with Gasteiger partial charge in [-0.3, -0.25) is 9.69 Å². The molecule has 1 aromatic carbocycles. The summed E-state index contributed by atoms with van der Waals surface area (Å²) in [6.45, 7) is 5.62. The lowest BCUT2D eigenvalue weighted by atomic mass is 9.93. The largest absolute Gasteiger partial charge is 0.308 e. The van der Waals surface area contributed by atoms with Crippen LogP contribution in [0.25, 0.3) is 11.0 Å². The molecule has 0 spiro atoms. The fourth-order valence-corrected chi connectivity index (χ4v) is 4.21. The number of aromatic nitrogens is 3. The van der Waals surface area contributed by atoms with Crippen molar-refractivity contribution in [1.82, 2.24) is 14.5 Å². The van der Waals surface area contributed by atoms with Gasteiger partial charge in [-0.05, 0) is 42.5 Å². The second-order valence-electron chi connectivity index (χ2n) is 6.71. The van der Waals surface area contributed by atoms with Crippen molar-refractivity contribution in [2.45, 2.75) is 39.2 Å². The number of rotatable bonds is 4. The highest BCUT2D eigenvalue weighted by molar-refractivity contribution is 6.35. The van der Waals surface area contributed by atoms with Crippen LogP contribution >= 0.6 is 23.2 Å². The number of fused-ring (bicyclic) bond motifs is 3. The van der Waals surface area contributed by atoms with Crippen LogP contribution in [0, 0.1) is 0 Å². The van der Waals surface area contributed by atoms with Crippen LogP contribution in [0.1, 0.15) is 48.7 Å². The minimum absolute atomic E-state index is 0.202. The Bertz CT molecular complexity index is 1030. The Labute approximate surface area is 167 Å². The fourth-order valence-electron chi connectivity index (χ4n) is 3.85. The summed E-state index contributed by atoms with van der Waals surface area (Å²) in [7, 11) is 0. The Morgan fingerprint density at radius 2 is 1.89 bits per heavy atom. The van der Waals surface area contributed by atoms with Gasteiger partial charge in [0.1, 0.15) is 16.4 Å². The molecule has 0 radical (unpaired) electrons. The predicted molar refractivity (Wildman–Crippen MR) is 109 cm³/mol. The average molecular weight is 403 g/mol. The van der Waals surface area contributed by atoms with E-state index in [2.05, 4.69) is 29.5 Å². The first-order chi connectivity index (χ1) is 13.0. The third kappa shape index (κ3) is 2.99. The first-order valence-electron chi connectivity index (χ1n) is 9.18. The van der Waals surface area contributed by atoms with Gasteiger partial charge in [-0.2, -0.15) is 0 Å². The molecule has 140 valence electrons. The maximum Gasteiger partial charge on any atom is 0.279 e. The van der Waals surface area contributed by atoms with Crippen molar-refractivity contribution in [3.8, 4) is 0 Å². The quantitative estimate of drug-likeness (QED) is 0.556. The van der Waals surface area contributed by atoms with E-state index in [9.17, 15) is 4.79 Å². The minimum Gasteiger partial charge on any atom is -0.308 e. The first-order valence-corrected chi connectivity index (χ1v) is 9.93. The van der Waals surface area contributed by atoms with Crippen LogP contribution in [0.2, 0.25) is 10.2 Å². The molecule has 1 aliphatic rings. The molecule has 2 aromatic heterocycles. The van der Waals surface area contributed by atoms with Gasteiger partial charge in [-0.25, -0.2) is 9.97 Å². The van der Waals surface area contributed by atoms with Gasteiger partial charge in [0.05, 0.1) is 10.5 Å². The van der Waals surface area contributed by atoms with Gasteiger partial charge in [0.25, 0.3) is 5.91 Å². The lowest BCUT2D eigenvalue weighted by molar-refractivity contribution is 0.0984. The van der Waals surface area contributed by atoms with Gasteiger partial charge in [-0.15, -0.1) is 0 Å². The molecule has 1 aliphatic heterocycles. The summed E-state index contributed by atoms with van der Waals surface area (Å²) >= 11 is 12.4. The van der Waals surface area contributed by atoms with Crippen LogP contribution in [0.3, 0.4) is 0 Å². The smallest absolute Gasteiger partial charge is 0.279 e. The zero-order valence-electron chi connectivity index (χ0n) is 15.2. The van der Waals surface area contributed by atoms with Crippen LogP contribution < -0.4 is 4.90 Å². The Morgan fingerprint density at radius 1 is 1.11 bits per heavy atom. The van der Waals surface area contributed by atoms with E-state index in [0.29, 0.717) is 40.8 Å². The zero-order valence-corrected chi connectivity index (χ0v) is 16.8. The van der Waals surface area contributed by atoms with Crippen molar-refractivity contribution in [2.24, 2.45) is 0 Å². The molecule has 0 fully saturated rings. The molecular weight excluding hydrogens is 383 g/mol. The van der Waals surface area contributed by atoms with Crippen molar-refractivity contribution < 1.29 is 4.79 Å². The van der Waals surface area contributed by atoms with Crippen molar-refractivity contribution in [3.05, 3.63) is 51.8 Å². The van der Waals surface area contributed by atoms with E-state index in [4.69, 9.17) is 28.2 Å². The number of nitrogens with zero attached hydrogens (tertiary/aromatic N) is 4. The number of imidazole rings is 1. The summed E-state index contributed by atoms with van der Waals surface area (Å²) in [4.78, 5) is 23.5. The number of carbonyl (C=O) groups is 1. The number of hydrogen-bond donors (Lipinski definition) is 0. The van der Waals surface area contributed by atoms with Gasteiger partial charge < -0.3 is 4.57 Å². The van der Waals surface area contributed by atoms with E-state index in [1.807, 2.05) is 6.07 Å². The molecule has 0 aliphatic carbocycles. The van der Waals surface area contributed by atoms with Crippen LogP contribution in [-0.2, 0) is 6.54 Å². The van der Waals surface area contributed by atoms with Crippen molar-refractivity contribution in [2.75, 3.05) is 11.4 Å². The number of pyridine rings is 1. The van der Waals surface area contributed by atoms with E-state index in [1.54, 1.807) is 23.1 Å². The lowest BCUT2D eigenvalue weighted by Crippen LogP contribution is -2.30. The van der Waals surface area contributed by atoms with Gasteiger partial charge in [0.2, 0.25) is 5.95 Å². The second-order valence-corrected chi connectivity index (χ2v) is 7.51. The highest BCUT2D eigenvalue weighted by atomic mass is 35.5. The summed E-state index contributed by atoms with van der Waals surface area (Å²) < 4.78 is 2.11. The number of benzene rings is 1. The zero-order chi connectivity index (χ0) is 19.1. The standard InChI is InChI=1S/C20H20Cl2N4O/c1-3-12(4-2)13-8-9-14(21)17-18(13)25-10-11-26(20(25)24-17)19(27)15-6-5-7-16(22)23-15/h5-9,12H,3-4,10-11H2,1-2H3. The molecule has 27 heavy (non-hydrogen) atoms. The average Bonchev–Trinajstić information content (AvgIpc) is 3.24. The molecule has 0 saturated heterocycles. The summed E-state index contributed by atoms with van der Waals surface area (Å²) in [5.41, 5.74) is 3.36. The third-order valence-corrected chi connectivity index (χ3v) is 5.77. The van der Waals surface area contributed by atoms with Gasteiger partial charge >= 0.3 is 0 Å². The Morgan fingerprint density at radius 3 is 2.59 bits per heavy atom. The number of hydrogen-bond acceptors (Lipinski definition) is 3. The SMILES string of the molecule is CCC(CC)c1ccc(Cl)c2nc3n(c12)CCN3C(=O)c1cccc(Cl)n1.